The zero-order valence-electron chi connectivity index (χ0n) is 15.6. The Labute approximate surface area is 154 Å². The minimum Gasteiger partial charge on any atom is -0.384 e. The minimum absolute atomic E-state index is 0.0274. The van der Waals surface area contributed by atoms with Crippen molar-refractivity contribution in [2.75, 3.05) is 25.0 Å². The predicted octanol–water partition coefficient (Wildman–Crippen LogP) is 3.85. The molecule has 1 aliphatic carbocycles. The Bertz CT molecular complexity index is 779. The molecule has 0 amide bonds. The molecule has 0 spiro atoms. The third-order valence-corrected chi connectivity index (χ3v) is 5.75. The van der Waals surface area contributed by atoms with E-state index >= 15 is 0 Å². The third-order valence-electron chi connectivity index (χ3n) is 5.75. The molecule has 26 heavy (non-hydrogen) atoms. The van der Waals surface area contributed by atoms with E-state index in [-0.39, 0.29) is 5.78 Å². The largest absolute Gasteiger partial charge is 0.384 e. The fraction of sp³-hybridized carbons (Fsp3) is 0.524. The summed E-state index contributed by atoms with van der Waals surface area (Å²) < 4.78 is 4.89. The SMILES string of the molecule is CCCN(CCC)[C@H]1Cc2c(C(=O)c3ccon3)ccc3c2[C@@H](CN3)C1. The molecule has 1 N–H and O–H groups in total. The van der Waals surface area contributed by atoms with Gasteiger partial charge in [0, 0.05) is 35.8 Å². The normalized spacial score (nSPS) is 20.9. The van der Waals surface area contributed by atoms with Crippen LogP contribution in [0.5, 0.6) is 0 Å². The van der Waals surface area contributed by atoms with Crippen LogP contribution in [0, 0.1) is 0 Å². The topological polar surface area (TPSA) is 58.4 Å². The van der Waals surface area contributed by atoms with Crippen LogP contribution in [0.3, 0.4) is 0 Å². The fourth-order valence-corrected chi connectivity index (χ4v) is 4.70. The van der Waals surface area contributed by atoms with Gasteiger partial charge in [-0.05, 0) is 62.0 Å². The summed E-state index contributed by atoms with van der Waals surface area (Å²) in [6.45, 7) is 7.72. The number of carbonyl (C=O) groups excluding carboxylic acids is 1. The number of ketones is 1. The fourth-order valence-electron chi connectivity index (χ4n) is 4.70. The predicted molar refractivity (Wildman–Crippen MR) is 102 cm³/mol. The first kappa shape index (κ1) is 17.3. The first-order valence-electron chi connectivity index (χ1n) is 9.81. The zero-order chi connectivity index (χ0) is 18.1. The summed E-state index contributed by atoms with van der Waals surface area (Å²) in [5, 5.41) is 7.40. The van der Waals surface area contributed by atoms with Gasteiger partial charge in [-0.2, -0.15) is 0 Å². The number of carbonyl (C=O) groups is 1. The first-order valence-corrected chi connectivity index (χ1v) is 9.81. The summed E-state index contributed by atoms with van der Waals surface area (Å²) >= 11 is 0. The van der Waals surface area contributed by atoms with Crippen molar-refractivity contribution in [1.29, 1.82) is 0 Å². The van der Waals surface area contributed by atoms with Gasteiger partial charge in [-0.1, -0.05) is 19.0 Å². The molecule has 0 saturated carbocycles. The smallest absolute Gasteiger partial charge is 0.215 e. The Balaban J connectivity index is 1.72. The maximum atomic E-state index is 13.0. The van der Waals surface area contributed by atoms with Gasteiger partial charge < -0.3 is 14.7 Å². The van der Waals surface area contributed by atoms with E-state index in [9.17, 15) is 4.79 Å². The number of nitrogens with zero attached hydrogens (tertiary/aromatic N) is 2. The van der Waals surface area contributed by atoms with Crippen LogP contribution in [0.2, 0.25) is 0 Å². The van der Waals surface area contributed by atoms with Gasteiger partial charge in [0.2, 0.25) is 5.78 Å². The van der Waals surface area contributed by atoms with E-state index < -0.39 is 0 Å². The molecule has 5 nitrogen and oxygen atoms in total. The number of nitrogens with one attached hydrogen (secondary N) is 1. The van der Waals surface area contributed by atoms with Crippen molar-refractivity contribution in [2.24, 2.45) is 0 Å². The van der Waals surface area contributed by atoms with Gasteiger partial charge in [0.25, 0.3) is 0 Å². The van der Waals surface area contributed by atoms with Crippen LogP contribution in [0.4, 0.5) is 5.69 Å². The van der Waals surface area contributed by atoms with Crippen LogP contribution in [-0.4, -0.2) is 41.5 Å². The van der Waals surface area contributed by atoms with Gasteiger partial charge in [-0.15, -0.1) is 0 Å². The second-order valence-electron chi connectivity index (χ2n) is 7.47. The van der Waals surface area contributed by atoms with Crippen LogP contribution in [-0.2, 0) is 6.42 Å². The highest BCUT2D eigenvalue weighted by Gasteiger charge is 2.37. The molecule has 1 aliphatic heterocycles. The van der Waals surface area contributed by atoms with E-state index in [1.54, 1.807) is 6.07 Å². The summed E-state index contributed by atoms with van der Waals surface area (Å²) in [6, 6.07) is 6.18. The Hall–Kier alpha value is -2.14. The molecule has 2 atom stereocenters. The van der Waals surface area contributed by atoms with Gasteiger partial charge in [-0.3, -0.25) is 4.79 Å². The highest BCUT2D eigenvalue weighted by atomic mass is 16.5. The summed E-state index contributed by atoms with van der Waals surface area (Å²) in [6.07, 6.45) is 5.91. The van der Waals surface area contributed by atoms with Crippen LogP contribution >= 0.6 is 0 Å². The molecular formula is C21H27N3O2. The molecule has 0 unspecified atom stereocenters. The second-order valence-corrected chi connectivity index (χ2v) is 7.47. The Morgan fingerprint density at radius 1 is 1.27 bits per heavy atom. The number of aromatic nitrogens is 1. The van der Waals surface area contributed by atoms with Crippen LogP contribution in [0.15, 0.2) is 29.0 Å². The molecule has 2 aromatic rings. The van der Waals surface area contributed by atoms with Crippen molar-refractivity contribution in [3.63, 3.8) is 0 Å². The van der Waals surface area contributed by atoms with E-state index in [1.807, 2.05) is 6.07 Å². The van der Waals surface area contributed by atoms with Crippen molar-refractivity contribution < 1.29 is 9.32 Å². The molecule has 1 aromatic carbocycles. The maximum absolute atomic E-state index is 13.0. The van der Waals surface area contributed by atoms with E-state index in [1.165, 1.54) is 29.5 Å². The van der Waals surface area contributed by atoms with Crippen molar-refractivity contribution >= 4 is 11.5 Å². The molecular weight excluding hydrogens is 326 g/mol. The molecule has 0 fully saturated rings. The molecule has 5 heteroatoms. The molecule has 2 aliphatic rings. The molecule has 138 valence electrons. The monoisotopic (exact) mass is 353 g/mol. The number of anilines is 1. The average Bonchev–Trinajstić information content (AvgIpc) is 3.32. The van der Waals surface area contributed by atoms with Crippen LogP contribution in [0.25, 0.3) is 0 Å². The summed E-state index contributed by atoms with van der Waals surface area (Å²) in [5.41, 5.74) is 4.98. The van der Waals surface area contributed by atoms with Gasteiger partial charge in [0.15, 0.2) is 5.69 Å². The lowest BCUT2D eigenvalue weighted by Crippen LogP contribution is -2.41. The maximum Gasteiger partial charge on any atom is 0.215 e. The number of hydrogen-bond donors (Lipinski definition) is 1. The second kappa shape index (κ2) is 7.23. The molecule has 1 aromatic heterocycles. The van der Waals surface area contributed by atoms with Crippen molar-refractivity contribution in [3.8, 4) is 0 Å². The first-order chi connectivity index (χ1) is 12.7. The number of rotatable bonds is 7. The lowest BCUT2D eigenvalue weighted by Gasteiger charge is -2.37. The van der Waals surface area contributed by atoms with Crippen molar-refractivity contribution in [1.82, 2.24) is 10.1 Å². The summed E-state index contributed by atoms with van der Waals surface area (Å²) in [5.74, 6) is 0.473. The van der Waals surface area contributed by atoms with Crippen LogP contribution < -0.4 is 5.32 Å². The van der Waals surface area contributed by atoms with Crippen molar-refractivity contribution in [3.05, 3.63) is 46.8 Å². The number of hydrogen-bond acceptors (Lipinski definition) is 5. The molecule has 0 saturated heterocycles. The van der Waals surface area contributed by atoms with Gasteiger partial charge in [0.1, 0.15) is 6.26 Å². The summed E-state index contributed by atoms with van der Waals surface area (Å²) in [7, 11) is 0. The summed E-state index contributed by atoms with van der Waals surface area (Å²) in [4.78, 5) is 15.6. The highest BCUT2D eigenvalue weighted by molar-refractivity contribution is 6.09. The lowest BCUT2D eigenvalue weighted by atomic mass is 9.77. The minimum atomic E-state index is -0.0274. The lowest BCUT2D eigenvalue weighted by molar-refractivity contribution is 0.102. The standard InChI is InChI=1S/C21H27N3O2/c1-3-8-24(9-4-2)15-11-14-13-22-18-6-5-16(17(12-15)20(14)18)21(25)19-7-10-26-23-19/h5-7,10,14-15,22H,3-4,8-9,11-13H2,1-2H3/t14-,15-/m1/s1. The van der Waals surface area contributed by atoms with Gasteiger partial charge in [0.05, 0.1) is 0 Å². The zero-order valence-corrected chi connectivity index (χ0v) is 15.6. The molecule has 2 heterocycles. The Morgan fingerprint density at radius 2 is 2.08 bits per heavy atom. The quantitative estimate of drug-likeness (QED) is 0.766. The van der Waals surface area contributed by atoms with E-state index in [0.717, 1.165) is 44.5 Å². The number of benzene rings is 1. The molecule has 0 bridgehead atoms. The highest BCUT2D eigenvalue weighted by Crippen LogP contribution is 2.44. The molecule has 0 radical (unpaired) electrons. The Kier molecular flexibility index (Phi) is 4.81. The third kappa shape index (κ3) is 2.94. The van der Waals surface area contributed by atoms with Gasteiger partial charge >= 0.3 is 0 Å². The van der Waals surface area contributed by atoms with Crippen LogP contribution in [0.1, 0.15) is 66.2 Å². The van der Waals surface area contributed by atoms with Gasteiger partial charge in [-0.25, -0.2) is 0 Å². The average molecular weight is 353 g/mol. The molecule has 4 rings (SSSR count). The van der Waals surface area contributed by atoms with E-state index in [4.69, 9.17) is 4.52 Å². The van der Waals surface area contributed by atoms with E-state index in [0.29, 0.717) is 17.7 Å². The van der Waals surface area contributed by atoms with Crippen molar-refractivity contribution in [2.45, 2.75) is 51.5 Å². The Morgan fingerprint density at radius 3 is 2.77 bits per heavy atom. The van der Waals surface area contributed by atoms with E-state index in [2.05, 4.69) is 35.3 Å².